The van der Waals surface area contributed by atoms with Crippen LogP contribution in [-0.2, 0) is 0 Å². The number of aromatic nitrogens is 1. The highest BCUT2D eigenvalue weighted by atomic mass is 16.6. The van der Waals surface area contributed by atoms with Gasteiger partial charge in [0.2, 0.25) is 0 Å². The molecule has 2 N–H and O–H groups in total. The Morgan fingerprint density at radius 1 is 1.33 bits per heavy atom. The molecule has 0 saturated heterocycles. The van der Waals surface area contributed by atoms with Crippen molar-refractivity contribution in [2.45, 2.75) is 37.8 Å². The van der Waals surface area contributed by atoms with Gasteiger partial charge in [0.05, 0.1) is 4.92 Å². The average Bonchev–Trinajstić information content (AvgIpc) is 2.47. The topological polar surface area (TPSA) is 91.3 Å². The van der Waals surface area contributed by atoms with Crippen LogP contribution >= 0.6 is 0 Å². The zero-order chi connectivity index (χ0) is 14.8. The number of nitrogens with zero attached hydrogens (tertiary/aromatic N) is 2. The Hall–Kier alpha value is -2.21. The van der Waals surface area contributed by atoms with Gasteiger partial charge in [-0.3, -0.25) is 10.1 Å². The summed E-state index contributed by atoms with van der Waals surface area (Å²) < 4.78 is 6.03. The Balaban J connectivity index is 1.95. The van der Waals surface area contributed by atoms with Gasteiger partial charge in [-0.15, -0.1) is 0 Å². The molecule has 1 aliphatic carbocycles. The third-order valence-electron chi connectivity index (χ3n) is 3.87. The number of benzene rings is 1. The molecule has 1 fully saturated rings. The van der Waals surface area contributed by atoms with Gasteiger partial charge in [-0.1, -0.05) is 6.07 Å². The molecule has 1 heterocycles. The number of pyridine rings is 1. The summed E-state index contributed by atoms with van der Waals surface area (Å²) in [4.78, 5) is 14.8. The van der Waals surface area contributed by atoms with E-state index in [0.717, 1.165) is 25.7 Å². The van der Waals surface area contributed by atoms with Crippen molar-refractivity contribution >= 4 is 16.6 Å². The summed E-state index contributed by atoms with van der Waals surface area (Å²) in [6.45, 7) is 0. The zero-order valence-electron chi connectivity index (χ0n) is 11.6. The quantitative estimate of drug-likeness (QED) is 0.692. The maximum absolute atomic E-state index is 11.1. The molecule has 1 aromatic carbocycles. The van der Waals surface area contributed by atoms with Gasteiger partial charge in [0.15, 0.2) is 5.52 Å². The van der Waals surface area contributed by atoms with E-state index in [4.69, 9.17) is 10.5 Å². The predicted octanol–water partition coefficient (Wildman–Crippen LogP) is 2.79. The largest absolute Gasteiger partial charge is 0.490 e. The van der Waals surface area contributed by atoms with Crippen LogP contribution in [0.3, 0.4) is 0 Å². The van der Waals surface area contributed by atoms with Crippen LogP contribution < -0.4 is 10.5 Å². The summed E-state index contributed by atoms with van der Waals surface area (Å²) in [6, 6.07) is 6.84. The number of rotatable bonds is 3. The van der Waals surface area contributed by atoms with E-state index in [9.17, 15) is 10.1 Å². The summed E-state index contributed by atoms with van der Waals surface area (Å²) >= 11 is 0. The predicted molar refractivity (Wildman–Crippen MR) is 79.3 cm³/mol. The maximum Gasteiger partial charge on any atom is 0.295 e. The van der Waals surface area contributed by atoms with Crippen molar-refractivity contribution in [3.63, 3.8) is 0 Å². The summed E-state index contributed by atoms with van der Waals surface area (Å²) in [5.41, 5.74) is 6.33. The summed E-state index contributed by atoms with van der Waals surface area (Å²) in [7, 11) is 0. The Bertz CT molecular complexity index is 674. The van der Waals surface area contributed by atoms with Crippen LogP contribution in [-0.4, -0.2) is 22.1 Å². The molecule has 0 bridgehead atoms. The van der Waals surface area contributed by atoms with Crippen LogP contribution in [0, 0.1) is 10.1 Å². The van der Waals surface area contributed by atoms with Gasteiger partial charge in [0.1, 0.15) is 11.9 Å². The lowest BCUT2D eigenvalue weighted by molar-refractivity contribution is -0.383. The Labute approximate surface area is 122 Å². The van der Waals surface area contributed by atoms with Crippen molar-refractivity contribution in [2.75, 3.05) is 0 Å². The normalized spacial score (nSPS) is 22.1. The first kappa shape index (κ1) is 13.8. The van der Waals surface area contributed by atoms with E-state index in [1.807, 2.05) is 0 Å². The lowest BCUT2D eigenvalue weighted by Gasteiger charge is -2.27. The van der Waals surface area contributed by atoms with E-state index in [0.29, 0.717) is 16.7 Å². The second-order valence-corrected chi connectivity index (χ2v) is 5.41. The van der Waals surface area contributed by atoms with Gasteiger partial charge < -0.3 is 10.5 Å². The lowest BCUT2D eigenvalue weighted by atomic mass is 9.93. The molecule has 2 unspecified atom stereocenters. The first-order chi connectivity index (χ1) is 10.1. The third kappa shape index (κ3) is 2.80. The number of para-hydroxylation sites is 1. The molecule has 0 spiro atoms. The number of nitro groups is 1. The minimum absolute atomic E-state index is 0.00158. The van der Waals surface area contributed by atoms with Crippen molar-refractivity contribution in [3.05, 3.63) is 40.6 Å². The minimum atomic E-state index is -0.421. The van der Waals surface area contributed by atoms with Crippen LogP contribution in [0.5, 0.6) is 5.75 Å². The molecular weight excluding hydrogens is 270 g/mol. The van der Waals surface area contributed by atoms with Gasteiger partial charge in [-0.25, -0.2) is 4.98 Å². The van der Waals surface area contributed by atoms with E-state index >= 15 is 0 Å². The molecular formula is C15H17N3O3. The first-order valence-electron chi connectivity index (χ1n) is 7.09. The number of hydrogen-bond donors (Lipinski definition) is 1. The molecule has 1 aromatic heterocycles. The van der Waals surface area contributed by atoms with Crippen molar-refractivity contribution in [3.8, 4) is 5.75 Å². The fourth-order valence-corrected chi connectivity index (χ4v) is 2.85. The molecule has 21 heavy (non-hydrogen) atoms. The molecule has 3 rings (SSSR count). The van der Waals surface area contributed by atoms with E-state index in [-0.39, 0.29) is 17.8 Å². The minimum Gasteiger partial charge on any atom is -0.490 e. The second-order valence-electron chi connectivity index (χ2n) is 5.41. The van der Waals surface area contributed by atoms with Crippen LogP contribution in [0.2, 0.25) is 0 Å². The van der Waals surface area contributed by atoms with Gasteiger partial charge in [-0.05, 0) is 37.8 Å². The number of nitrogens with two attached hydrogens (primary N) is 1. The van der Waals surface area contributed by atoms with Crippen molar-refractivity contribution in [1.82, 2.24) is 4.98 Å². The number of hydrogen-bond acceptors (Lipinski definition) is 5. The number of nitro benzene ring substituents is 1. The van der Waals surface area contributed by atoms with Crippen LogP contribution in [0.4, 0.5) is 5.69 Å². The van der Waals surface area contributed by atoms with E-state index < -0.39 is 4.92 Å². The Morgan fingerprint density at radius 2 is 2.19 bits per heavy atom. The number of ether oxygens (including phenoxy) is 1. The third-order valence-corrected chi connectivity index (χ3v) is 3.87. The summed E-state index contributed by atoms with van der Waals surface area (Å²) in [6.07, 6.45) is 5.48. The SMILES string of the molecule is NC1CCCC(Oc2ccnc3c([N+](=O)[O-])cccc23)C1. The molecule has 0 radical (unpaired) electrons. The molecule has 6 nitrogen and oxygen atoms in total. The lowest BCUT2D eigenvalue weighted by Crippen LogP contribution is -2.33. The molecule has 2 atom stereocenters. The van der Waals surface area contributed by atoms with Crippen LogP contribution in [0.1, 0.15) is 25.7 Å². The second kappa shape index (κ2) is 5.65. The highest BCUT2D eigenvalue weighted by Gasteiger charge is 2.22. The first-order valence-corrected chi connectivity index (χ1v) is 7.09. The fraction of sp³-hybridized carbons (Fsp3) is 0.400. The fourth-order valence-electron chi connectivity index (χ4n) is 2.85. The van der Waals surface area contributed by atoms with Gasteiger partial charge in [-0.2, -0.15) is 0 Å². The van der Waals surface area contributed by atoms with Gasteiger partial charge >= 0.3 is 0 Å². The Morgan fingerprint density at radius 3 is 2.95 bits per heavy atom. The van der Waals surface area contributed by atoms with Crippen molar-refractivity contribution < 1.29 is 9.66 Å². The molecule has 1 saturated carbocycles. The smallest absolute Gasteiger partial charge is 0.295 e. The molecule has 2 aromatic rings. The molecule has 0 amide bonds. The molecule has 1 aliphatic rings. The van der Waals surface area contributed by atoms with Crippen molar-refractivity contribution in [1.29, 1.82) is 0 Å². The van der Waals surface area contributed by atoms with Crippen LogP contribution in [0.15, 0.2) is 30.5 Å². The molecule has 110 valence electrons. The van der Waals surface area contributed by atoms with Gasteiger partial charge in [0.25, 0.3) is 5.69 Å². The van der Waals surface area contributed by atoms with Crippen LogP contribution in [0.25, 0.3) is 10.9 Å². The maximum atomic E-state index is 11.1. The number of fused-ring (bicyclic) bond motifs is 1. The van der Waals surface area contributed by atoms with E-state index in [2.05, 4.69) is 4.98 Å². The average molecular weight is 287 g/mol. The number of non-ortho nitro benzene ring substituents is 1. The zero-order valence-corrected chi connectivity index (χ0v) is 11.6. The summed E-state index contributed by atoms with van der Waals surface area (Å²) in [5.74, 6) is 0.641. The molecule has 0 aliphatic heterocycles. The molecule has 6 heteroatoms. The highest BCUT2D eigenvalue weighted by Crippen LogP contribution is 2.32. The highest BCUT2D eigenvalue weighted by molar-refractivity contribution is 5.91. The van der Waals surface area contributed by atoms with E-state index in [1.165, 1.54) is 6.07 Å². The van der Waals surface area contributed by atoms with E-state index in [1.54, 1.807) is 24.4 Å². The van der Waals surface area contributed by atoms with Gasteiger partial charge in [0, 0.05) is 23.7 Å². The van der Waals surface area contributed by atoms with Crippen molar-refractivity contribution in [2.24, 2.45) is 5.73 Å². The Kier molecular flexibility index (Phi) is 3.70. The summed E-state index contributed by atoms with van der Waals surface area (Å²) in [5, 5.41) is 11.7. The standard InChI is InChI=1S/C15H17N3O3/c16-10-3-1-4-11(9-10)21-14-7-8-17-15-12(14)5-2-6-13(15)18(19)20/h2,5-8,10-11H,1,3-4,9,16H2. The monoisotopic (exact) mass is 287 g/mol.